The molecule has 0 fully saturated rings. The molecule has 0 aliphatic carbocycles. The molecular formula is C21H27N3O5. The molecule has 8 heteroatoms. The summed E-state index contributed by atoms with van der Waals surface area (Å²) < 4.78 is 5.15. The number of carbonyl (C=O) groups excluding carboxylic acids is 3. The molecule has 0 saturated carbocycles. The quantitative estimate of drug-likeness (QED) is 0.356. The van der Waals surface area contributed by atoms with E-state index in [-0.39, 0.29) is 19.3 Å². The molecule has 2 rings (SSSR count). The van der Waals surface area contributed by atoms with E-state index in [1.807, 2.05) is 24.3 Å². The fourth-order valence-electron chi connectivity index (χ4n) is 2.96. The third-order valence-corrected chi connectivity index (χ3v) is 4.48. The highest BCUT2D eigenvalue weighted by atomic mass is 16.5. The summed E-state index contributed by atoms with van der Waals surface area (Å²) in [5.41, 5.74) is -0.129. The summed E-state index contributed by atoms with van der Waals surface area (Å²) in [5.74, 6) is -1.89. The van der Waals surface area contributed by atoms with Crippen molar-refractivity contribution in [2.45, 2.75) is 57.8 Å². The smallest absolute Gasteiger partial charge is 0.328 e. The summed E-state index contributed by atoms with van der Waals surface area (Å²) in [6.07, 6.45) is 1.93. The van der Waals surface area contributed by atoms with Crippen molar-refractivity contribution >= 4 is 34.8 Å². The standard InChI is InChI=1S/C21H27N3O5/c1-13(2)29-19(26)18(9-8-15(25)11-22)24-20(27)21(3,28)10-14-12-23-17-7-5-4-6-16(14)17/h4-7,11-13,18,22-23,28H,8-10H2,1-3H3,(H,24,27)/t18-,21?/m0/s1. The first-order valence-corrected chi connectivity index (χ1v) is 9.46. The highest BCUT2D eigenvalue weighted by molar-refractivity contribution is 6.26. The molecule has 1 aromatic carbocycles. The molecule has 156 valence electrons. The lowest BCUT2D eigenvalue weighted by molar-refractivity contribution is -0.154. The van der Waals surface area contributed by atoms with Crippen LogP contribution in [0.3, 0.4) is 0 Å². The molecule has 8 nitrogen and oxygen atoms in total. The fourth-order valence-corrected chi connectivity index (χ4v) is 2.96. The van der Waals surface area contributed by atoms with E-state index in [0.29, 0.717) is 6.21 Å². The van der Waals surface area contributed by atoms with Crippen LogP contribution in [0.1, 0.15) is 39.2 Å². The zero-order valence-corrected chi connectivity index (χ0v) is 16.8. The van der Waals surface area contributed by atoms with E-state index < -0.39 is 35.4 Å². The number of benzene rings is 1. The molecule has 4 N–H and O–H groups in total. The van der Waals surface area contributed by atoms with Gasteiger partial charge in [-0.3, -0.25) is 9.59 Å². The Kier molecular flexibility index (Phi) is 7.28. The summed E-state index contributed by atoms with van der Waals surface area (Å²) in [6.45, 7) is 4.72. The molecule has 1 amide bonds. The van der Waals surface area contributed by atoms with Crippen molar-refractivity contribution in [2.24, 2.45) is 0 Å². The number of carbonyl (C=O) groups is 3. The number of Topliss-reactive ketones (excluding diaryl/α,β-unsaturated/α-hetero) is 1. The van der Waals surface area contributed by atoms with Gasteiger partial charge in [0.1, 0.15) is 11.6 Å². The van der Waals surface area contributed by atoms with E-state index in [0.717, 1.165) is 16.5 Å². The lowest BCUT2D eigenvalue weighted by Gasteiger charge is -2.26. The van der Waals surface area contributed by atoms with Gasteiger partial charge < -0.3 is 25.6 Å². The summed E-state index contributed by atoms with van der Waals surface area (Å²) in [7, 11) is 0. The van der Waals surface area contributed by atoms with Gasteiger partial charge in [-0.15, -0.1) is 0 Å². The van der Waals surface area contributed by atoms with Crippen LogP contribution in [0.15, 0.2) is 30.5 Å². The Bertz CT molecular complexity index is 901. The Morgan fingerprint density at radius 3 is 2.66 bits per heavy atom. The number of para-hydroxylation sites is 1. The molecule has 0 radical (unpaired) electrons. The molecule has 0 spiro atoms. The Morgan fingerprint density at radius 1 is 1.31 bits per heavy atom. The Balaban J connectivity index is 2.13. The van der Waals surface area contributed by atoms with Gasteiger partial charge in [-0.1, -0.05) is 18.2 Å². The van der Waals surface area contributed by atoms with Crippen LogP contribution in [0.2, 0.25) is 0 Å². The number of aromatic nitrogens is 1. The molecule has 2 atom stereocenters. The van der Waals surface area contributed by atoms with E-state index in [4.69, 9.17) is 10.1 Å². The van der Waals surface area contributed by atoms with Gasteiger partial charge >= 0.3 is 5.97 Å². The van der Waals surface area contributed by atoms with Gasteiger partial charge in [-0.05, 0) is 38.8 Å². The number of hydrogen-bond donors (Lipinski definition) is 4. The molecule has 1 aromatic heterocycles. The predicted molar refractivity (Wildman–Crippen MR) is 109 cm³/mol. The molecule has 0 bridgehead atoms. The first-order valence-electron chi connectivity index (χ1n) is 9.46. The predicted octanol–water partition coefficient (Wildman–Crippen LogP) is 1.90. The fraction of sp³-hybridized carbons (Fsp3) is 0.429. The summed E-state index contributed by atoms with van der Waals surface area (Å²) >= 11 is 0. The van der Waals surface area contributed by atoms with Crippen LogP contribution < -0.4 is 5.32 Å². The van der Waals surface area contributed by atoms with E-state index in [1.54, 1.807) is 20.0 Å². The largest absolute Gasteiger partial charge is 0.461 e. The van der Waals surface area contributed by atoms with Crippen molar-refractivity contribution in [1.29, 1.82) is 5.41 Å². The van der Waals surface area contributed by atoms with Crippen molar-refractivity contribution in [3.63, 3.8) is 0 Å². The van der Waals surface area contributed by atoms with Crippen LogP contribution in [0, 0.1) is 5.41 Å². The number of aliphatic hydroxyl groups is 1. The minimum atomic E-state index is -1.78. The van der Waals surface area contributed by atoms with Crippen LogP contribution >= 0.6 is 0 Å². The highest BCUT2D eigenvalue weighted by Crippen LogP contribution is 2.23. The van der Waals surface area contributed by atoms with Crippen LogP contribution in [0.25, 0.3) is 10.9 Å². The topological polar surface area (TPSA) is 132 Å². The Morgan fingerprint density at radius 2 is 2.00 bits per heavy atom. The highest BCUT2D eigenvalue weighted by Gasteiger charge is 2.35. The van der Waals surface area contributed by atoms with E-state index in [1.165, 1.54) is 6.92 Å². The number of rotatable bonds is 10. The molecule has 29 heavy (non-hydrogen) atoms. The number of nitrogens with one attached hydrogen (secondary N) is 3. The first-order chi connectivity index (χ1) is 13.6. The Labute approximate surface area is 169 Å². The summed E-state index contributed by atoms with van der Waals surface area (Å²) in [5, 5.41) is 21.1. The summed E-state index contributed by atoms with van der Waals surface area (Å²) in [4.78, 5) is 39.6. The number of aromatic amines is 1. The molecule has 0 aliphatic heterocycles. The summed E-state index contributed by atoms with van der Waals surface area (Å²) in [6, 6.07) is 6.44. The van der Waals surface area contributed by atoms with E-state index in [9.17, 15) is 19.5 Å². The molecule has 1 heterocycles. The van der Waals surface area contributed by atoms with Gasteiger partial charge in [0, 0.05) is 29.9 Å². The van der Waals surface area contributed by atoms with Crippen LogP contribution in [0.4, 0.5) is 0 Å². The Hall–Kier alpha value is -3.00. The van der Waals surface area contributed by atoms with E-state index >= 15 is 0 Å². The normalized spacial score (nSPS) is 14.2. The molecular weight excluding hydrogens is 374 g/mol. The second-order valence-electron chi connectivity index (χ2n) is 7.47. The molecule has 0 aliphatic rings. The maximum Gasteiger partial charge on any atom is 0.328 e. The lowest BCUT2D eigenvalue weighted by Crippen LogP contribution is -2.52. The third kappa shape index (κ3) is 5.99. The lowest BCUT2D eigenvalue weighted by atomic mass is 9.94. The van der Waals surface area contributed by atoms with Gasteiger partial charge in [-0.2, -0.15) is 0 Å². The number of amides is 1. The molecule has 2 aromatic rings. The van der Waals surface area contributed by atoms with Crippen LogP contribution in [0.5, 0.6) is 0 Å². The molecule has 0 saturated heterocycles. The second-order valence-corrected chi connectivity index (χ2v) is 7.47. The van der Waals surface area contributed by atoms with Gasteiger partial charge in [0.05, 0.1) is 12.3 Å². The van der Waals surface area contributed by atoms with Gasteiger partial charge in [-0.25, -0.2) is 4.79 Å². The zero-order valence-electron chi connectivity index (χ0n) is 16.8. The number of ether oxygens (including phenoxy) is 1. The van der Waals surface area contributed by atoms with Crippen molar-refractivity contribution in [3.8, 4) is 0 Å². The number of hydrogen-bond acceptors (Lipinski definition) is 6. The number of ketones is 1. The van der Waals surface area contributed by atoms with Crippen LogP contribution in [-0.2, 0) is 25.5 Å². The van der Waals surface area contributed by atoms with Gasteiger partial charge in [0.2, 0.25) is 0 Å². The minimum absolute atomic E-state index is 0.0192. The van der Waals surface area contributed by atoms with Crippen molar-refractivity contribution < 1.29 is 24.2 Å². The van der Waals surface area contributed by atoms with Crippen LogP contribution in [-0.4, -0.2) is 51.7 Å². The number of fused-ring (bicyclic) bond motifs is 1. The maximum atomic E-state index is 12.7. The minimum Gasteiger partial charge on any atom is -0.461 e. The number of H-pyrrole nitrogens is 1. The first kappa shape index (κ1) is 22.3. The van der Waals surface area contributed by atoms with E-state index in [2.05, 4.69) is 10.3 Å². The maximum absolute atomic E-state index is 12.7. The zero-order chi connectivity index (χ0) is 21.6. The average molecular weight is 401 g/mol. The molecule has 1 unspecified atom stereocenters. The van der Waals surface area contributed by atoms with Gasteiger partial charge in [0.15, 0.2) is 5.78 Å². The van der Waals surface area contributed by atoms with Crippen molar-refractivity contribution in [3.05, 3.63) is 36.0 Å². The monoisotopic (exact) mass is 401 g/mol. The van der Waals surface area contributed by atoms with Crippen molar-refractivity contribution in [1.82, 2.24) is 10.3 Å². The number of esters is 1. The van der Waals surface area contributed by atoms with Crippen molar-refractivity contribution in [2.75, 3.05) is 0 Å². The van der Waals surface area contributed by atoms with Gasteiger partial charge in [0.25, 0.3) is 5.91 Å². The third-order valence-electron chi connectivity index (χ3n) is 4.48. The second kappa shape index (κ2) is 9.47. The SMILES string of the molecule is CC(C)OC(=O)[C@H](CCC(=O)C=N)NC(=O)C(C)(O)Cc1c[nH]c2ccccc12. The average Bonchev–Trinajstić information content (AvgIpc) is 3.06.